The van der Waals surface area contributed by atoms with Gasteiger partial charge in [0, 0.05) is 18.8 Å². The summed E-state index contributed by atoms with van der Waals surface area (Å²) in [6, 6.07) is 6.69. The van der Waals surface area contributed by atoms with Crippen molar-refractivity contribution in [3.63, 3.8) is 0 Å². The second kappa shape index (κ2) is 6.25. The zero-order valence-electron chi connectivity index (χ0n) is 13.8. The van der Waals surface area contributed by atoms with Gasteiger partial charge in [-0.3, -0.25) is 4.79 Å². The molecule has 0 aromatic heterocycles. The van der Waals surface area contributed by atoms with Crippen LogP contribution in [0.4, 0.5) is 17.1 Å². The van der Waals surface area contributed by atoms with Crippen LogP contribution < -0.4 is 19.9 Å². The van der Waals surface area contributed by atoms with Gasteiger partial charge in [0.2, 0.25) is 0 Å². The van der Waals surface area contributed by atoms with Crippen LogP contribution in [0.25, 0.3) is 0 Å². The van der Waals surface area contributed by atoms with Gasteiger partial charge in [-0.25, -0.2) is 0 Å². The van der Waals surface area contributed by atoms with E-state index < -0.39 is 17.4 Å². The Kier molecular flexibility index (Phi) is 4.26. The second-order valence-electron chi connectivity index (χ2n) is 5.59. The molecular weight excluding hydrogens is 346 g/mol. The summed E-state index contributed by atoms with van der Waals surface area (Å²) < 4.78 is 2.19. The van der Waals surface area contributed by atoms with Gasteiger partial charge in [0.15, 0.2) is 11.4 Å². The second-order valence-corrected chi connectivity index (χ2v) is 5.90. The summed E-state index contributed by atoms with van der Waals surface area (Å²) in [7, 11) is 0. The fourth-order valence-corrected chi connectivity index (χ4v) is 3.20. The first-order chi connectivity index (χ1) is 11.9. The number of phenolic OH excluding ortho intramolecular Hbond substituents is 2. The fraction of sp³-hybridized carbons (Fsp3) is 0.235. The monoisotopic (exact) mass is 364 g/mol. The Bertz CT molecular complexity index is 852. The average molecular weight is 365 g/mol. The van der Waals surface area contributed by atoms with Gasteiger partial charge in [-0.2, -0.15) is 0 Å². The van der Waals surface area contributed by atoms with Gasteiger partial charge >= 0.3 is 23.4 Å². The maximum Gasteiger partial charge on any atom is 0.374 e. The zero-order valence-corrected chi connectivity index (χ0v) is 14.6. The lowest BCUT2D eigenvalue weighted by Crippen LogP contribution is -2.22. The summed E-state index contributed by atoms with van der Waals surface area (Å²) in [6.07, 6.45) is 0. The van der Waals surface area contributed by atoms with Crippen LogP contribution in [0.15, 0.2) is 24.3 Å². The number of halogens is 1. The number of hydrogen-bond donors (Lipinski definition) is 4. The van der Waals surface area contributed by atoms with E-state index in [0.717, 1.165) is 24.8 Å². The molecule has 0 bridgehead atoms. The molecule has 0 saturated heterocycles. The van der Waals surface area contributed by atoms with E-state index in [1.165, 1.54) is 0 Å². The predicted octanol–water partition coefficient (Wildman–Crippen LogP) is 3.58. The molecule has 0 aliphatic carbocycles. The van der Waals surface area contributed by atoms with Gasteiger partial charge in [-0.1, -0.05) is 0 Å². The molecule has 3 rings (SSSR count). The Morgan fingerprint density at radius 1 is 1.28 bits per heavy atom. The van der Waals surface area contributed by atoms with Crippen molar-refractivity contribution in [3.05, 3.63) is 29.8 Å². The molecule has 5 N–H and O–H groups in total. The number of rotatable bonds is 4. The number of fused-ring (bicyclic) bond motifs is 2. The number of aromatic hydroxyl groups is 2. The van der Waals surface area contributed by atoms with Crippen LogP contribution in [0.1, 0.15) is 24.2 Å². The van der Waals surface area contributed by atoms with Crippen molar-refractivity contribution in [3.8, 4) is 23.0 Å². The fourth-order valence-electron chi connectivity index (χ4n) is 2.92. The molecular formula is C17H19ClN3O4+. The average Bonchev–Trinajstić information content (AvgIpc) is 2.59. The van der Waals surface area contributed by atoms with Crippen molar-refractivity contribution in [1.82, 2.24) is 0 Å². The lowest BCUT2D eigenvalue weighted by Gasteiger charge is -2.27. The summed E-state index contributed by atoms with van der Waals surface area (Å²) in [5.41, 5.74) is 7.17. The summed E-state index contributed by atoms with van der Waals surface area (Å²) in [5.74, 6) is -1.20. The van der Waals surface area contributed by atoms with Crippen molar-refractivity contribution in [2.75, 3.05) is 23.3 Å². The SMILES string of the molecule is CCN(CC)c1ccc2c(c1)[O+](Cl)c1c(O)c(O)cc(C(N)=O)c1N2. The quantitative estimate of drug-likeness (QED) is 0.377. The number of hydrogen-bond acceptors (Lipinski definition) is 5. The maximum atomic E-state index is 11.7. The number of nitrogens with one attached hydrogen (secondary N) is 1. The molecule has 0 saturated carbocycles. The van der Waals surface area contributed by atoms with E-state index in [-0.39, 0.29) is 17.0 Å². The minimum atomic E-state index is -0.757. The molecule has 132 valence electrons. The normalized spacial score (nSPS) is 12.2. The Morgan fingerprint density at radius 2 is 1.96 bits per heavy atom. The number of phenols is 2. The van der Waals surface area contributed by atoms with Crippen molar-refractivity contribution < 1.29 is 18.9 Å². The number of benzene rings is 2. The molecule has 0 fully saturated rings. The van der Waals surface area contributed by atoms with E-state index in [2.05, 4.69) is 14.1 Å². The lowest BCUT2D eigenvalue weighted by atomic mass is 10.1. The van der Waals surface area contributed by atoms with E-state index in [1.807, 2.05) is 32.0 Å². The minimum absolute atomic E-state index is 0.000311. The molecule has 2 aromatic rings. The zero-order chi connectivity index (χ0) is 18.3. The summed E-state index contributed by atoms with van der Waals surface area (Å²) in [4.78, 5) is 13.8. The van der Waals surface area contributed by atoms with Gasteiger partial charge in [0.05, 0.1) is 11.6 Å². The van der Waals surface area contributed by atoms with E-state index in [0.29, 0.717) is 11.4 Å². The van der Waals surface area contributed by atoms with E-state index in [9.17, 15) is 15.0 Å². The van der Waals surface area contributed by atoms with Crippen LogP contribution in [-0.4, -0.2) is 29.2 Å². The molecule has 1 heterocycles. The first kappa shape index (κ1) is 17.0. The summed E-state index contributed by atoms with van der Waals surface area (Å²) >= 11 is 6.36. The highest BCUT2D eigenvalue weighted by atomic mass is 35.5. The number of nitrogens with zero attached hydrogens (tertiary/aromatic N) is 1. The van der Waals surface area contributed by atoms with Gasteiger partial charge in [0.25, 0.3) is 11.7 Å². The first-order valence-electron chi connectivity index (χ1n) is 7.84. The Labute approximate surface area is 150 Å². The third-order valence-corrected chi connectivity index (χ3v) is 4.55. The number of carbonyl (C=O) groups is 1. The smallest absolute Gasteiger partial charge is 0.374 e. The Hall–Kier alpha value is -2.80. The summed E-state index contributed by atoms with van der Waals surface area (Å²) in [6.45, 7) is 5.74. The highest BCUT2D eigenvalue weighted by Gasteiger charge is 2.38. The topological polar surface area (TPSA) is 102 Å². The first-order valence-corrected chi connectivity index (χ1v) is 8.15. The predicted molar refractivity (Wildman–Crippen MR) is 97.5 cm³/mol. The molecule has 0 spiro atoms. The van der Waals surface area contributed by atoms with Crippen LogP contribution in [0.5, 0.6) is 23.0 Å². The molecule has 7 nitrogen and oxygen atoms in total. The molecule has 1 aliphatic rings. The van der Waals surface area contributed by atoms with Crippen molar-refractivity contribution in [1.29, 1.82) is 0 Å². The highest BCUT2D eigenvalue weighted by Crippen LogP contribution is 2.56. The highest BCUT2D eigenvalue weighted by molar-refractivity contribution is 6.16. The number of amides is 1. The van der Waals surface area contributed by atoms with Crippen LogP contribution in [0, 0.1) is 0 Å². The number of primary amides is 1. The minimum Gasteiger partial charge on any atom is -0.504 e. The Morgan fingerprint density at radius 3 is 2.56 bits per heavy atom. The maximum absolute atomic E-state index is 11.7. The third-order valence-electron chi connectivity index (χ3n) is 4.23. The van der Waals surface area contributed by atoms with E-state index in [4.69, 9.17) is 17.6 Å². The molecule has 0 atom stereocenters. The van der Waals surface area contributed by atoms with Crippen LogP contribution in [0.3, 0.4) is 0 Å². The van der Waals surface area contributed by atoms with Crippen LogP contribution in [-0.2, 0) is 0 Å². The Balaban J connectivity index is 2.17. The molecule has 25 heavy (non-hydrogen) atoms. The third kappa shape index (κ3) is 2.66. The van der Waals surface area contributed by atoms with Gasteiger partial charge in [-0.15, -0.1) is 0 Å². The number of anilines is 3. The molecule has 0 radical (unpaired) electrons. The van der Waals surface area contributed by atoms with Gasteiger partial charge in [-0.05, 0) is 32.0 Å². The number of nitrogens with two attached hydrogens (primary N) is 1. The standard InChI is InChI=1S/C17H18ClN3O4/c1-3-21(4-2)9-5-6-11-13(7-9)25(18)16-14(20-11)10(17(19)24)8-12(22)15(16)23/h5-8H,3-4H2,1-2H3,(H4-,19,20,22,23,24)/p+1. The van der Waals surface area contributed by atoms with Crippen molar-refractivity contribution in [2.24, 2.45) is 5.73 Å². The van der Waals surface area contributed by atoms with Crippen molar-refractivity contribution in [2.45, 2.75) is 13.8 Å². The number of carbonyl (C=O) groups excluding carboxylic acids is 1. The van der Waals surface area contributed by atoms with Crippen LogP contribution >= 0.6 is 11.9 Å². The van der Waals surface area contributed by atoms with Gasteiger partial charge < -0.3 is 30.1 Å². The van der Waals surface area contributed by atoms with Gasteiger partial charge in [0.1, 0.15) is 5.69 Å². The van der Waals surface area contributed by atoms with Crippen molar-refractivity contribution >= 4 is 34.8 Å². The van der Waals surface area contributed by atoms with E-state index in [1.54, 1.807) is 0 Å². The molecule has 1 amide bonds. The molecule has 2 aromatic carbocycles. The largest absolute Gasteiger partial charge is 0.504 e. The molecule has 0 unspecified atom stereocenters. The molecule has 8 heteroatoms. The summed E-state index contributed by atoms with van der Waals surface area (Å²) in [5, 5.41) is 23.2. The lowest BCUT2D eigenvalue weighted by molar-refractivity contribution is 0.1000. The van der Waals surface area contributed by atoms with E-state index >= 15 is 0 Å². The van der Waals surface area contributed by atoms with Crippen LogP contribution in [0.2, 0.25) is 0 Å². The molecule has 1 aliphatic heterocycles.